The van der Waals surface area contributed by atoms with E-state index in [4.69, 9.17) is 11.6 Å². The molecule has 2 aromatic heterocycles. The fraction of sp³-hybridized carbons (Fsp3) is 0.120. The van der Waals surface area contributed by atoms with Gasteiger partial charge in [0.1, 0.15) is 0 Å². The summed E-state index contributed by atoms with van der Waals surface area (Å²) in [5.41, 5.74) is 6.88. The molecule has 0 atom stereocenters. The van der Waals surface area contributed by atoms with E-state index in [-0.39, 0.29) is 0 Å². The number of nitrogens with zero attached hydrogens (tertiary/aromatic N) is 3. The van der Waals surface area contributed by atoms with Crippen molar-refractivity contribution in [2.45, 2.75) is 24.8 Å². The summed E-state index contributed by atoms with van der Waals surface area (Å²) in [5, 5.41) is 12.0. The zero-order valence-electron chi connectivity index (χ0n) is 17.3. The van der Waals surface area contributed by atoms with Crippen LogP contribution in [0.25, 0.3) is 28.0 Å². The predicted octanol–water partition coefficient (Wildman–Crippen LogP) is 6.98. The monoisotopic (exact) mass is 444 g/mol. The predicted molar refractivity (Wildman–Crippen MR) is 129 cm³/mol. The van der Waals surface area contributed by atoms with Crippen LogP contribution in [0.3, 0.4) is 0 Å². The van der Waals surface area contributed by atoms with E-state index in [0.29, 0.717) is 0 Å². The van der Waals surface area contributed by atoms with Crippen LogP contribution in [0, 0.1) is 13.8 Å². The van der Waals surface area contributed by atoms with E-state index in [0.717, 1.165) is 38.5 Å². The highest BCUT2D eigenvalue weighted by molar-refractivity contribution is 7.98. The Bertz CT molecular complexity index is 1350. The third kappa shape index (κ3) is 3.87. The van der Waals surface area contributed by atoms with Crippen molar-refractivity contribution < 1.29 is 0 Å². The minimum atomic E-state index is 0.745. The molecule has 0 bridgehead atoms. The van der Waals surface area contributed by atoms with Gasteiger partial charge in [0.25, 0.3) is 0 Å². The molecule has 0 fully saturated rings. The van der Waals surface area contributed by atoms with Crippen LogP contribution in [-0.4, -0.2) is 19.7 Å². The molecule has 3 aromatic carbocycles. The van der Waals surface area contributed by atoms with Crippen molar-refractivity contribution >= 4 is 34.3 Å². The van der Waals surface area contributed by atoms with Gasteiger partial charge in [-0.3, -0.25) is 4.57 Å². The van der Waals surface area contributed by atoms with E-state index in [1.165, 1.54) is 22.2 Å². The highest BCUT2D eigenvalue weighted by Crippen LogP contribution is 2.32. The number of nitrogens with one attached hydrogen (secondary N) is 1. The summed E-state index contributed by atoms with van der Waals surface area (Å²) in [6, 6.07) is 24.6. The molecule has 1 N–H and O–H groups in total. The number of rotatable bonds is 5. The standard InChI is InChI=1S/C25H21ClN4S/c1-16-17(2)27-23-13-10-19(14-22(16)23)24-28-29-25(30(24)21-6-4-3-5-7-21)31-15-18-8-11-20(26)12-9-18/h3-14,27H,15H2,1-2H3. The molecule has 0 unspecified atom stereocenters. The second-order valence-corrected chi connectivity index (χ2v) is 8.91. The number of aromatic nitrogens is 4. The van der Waals surface area contributed by atoms with Gasteiger partial charge in [-0.15, -0.1) is 10.2 Å². The van der Waals surface area contributed by atoms with Gasteiger partial charge in [0, 0.05) is 38.6 Å². The average molecular weight is 445 g/mol. The summed E-state index contributed by atoms with van der Waals surface area (Å²) in [4.78, 5) is 3.44. The van der Waals surface area contributed by atoms with E-state index in [1.54, 1.807) is 11.8 Å². The molecule has 31 heavy (non-hydrogen) atoms. The van der Waals surface area contributed by atoms with Crippen molar-refractivity contribution in [3.8, 4) is 17.1 Å². The first-order chi connectivity index (χ1) is 15.1. The average Bonchev–Trinajstić information content (AvgIpc) is 3.34. The Hall–Kier alpha value is -3.02. The molecule has 6 heteroatoms. The molecule has 2 heterocycles. The number of H-pyrrole nitrogens is 1. The van der Waals surface area contributed by atoms with Crippen molar-refractivity contribution in [1.29, 1.82) is 0 Å². The van der Waals surface area contributed by atoms with Crippen molar-refractivity contribution in [2.24, 2.45) is 0 Å². The third-order valence-corrected chi connectivity index (χ3v) is 6.75. The summed E-state index contributed by atoms with van der Waals surface area (Å²) in [6.45, 7) is 4.25. The van der Waals surface area contributed by atoms with Gasteiger partial charge in [-0.2, -0.15) is 0 Å². The molecular weight excluding hydrogens is 424 g/mol. The van der Waals surface area contributed by atoms with Crippen molar-refractivity contribution in [1.82, 2.24) is 19.7 Å². The molecule has 5 rings (SSSR count). The Balaban J connectivity index is 1.57. The number of para-hydroxylation sites is 1. The topological polar surface area (TPSA) is 46.5 Å². The number of hydrogen-bond donors (Lipinski definition) is 1. The molecule has 0 amide bonds. The van der Waals surface area contributed by atoms with Crippen LogP contribution in [0.4, 0.5) is 0 Å². The first kappa shape index (κ1) is 19.9. The molecule has 4 nitrogen and oxygen atoms in total. The van der Waals surface area contributed by atoms with Gasteiger partial charge in [-0.25, -0.2) is 0 Å². The highest BCUT2D eigenvalue weighted by atomic mass is 35.5. The van der Waals surface area contributed by atoms with E-state index in [1.807, 2.05) is 42.5 Å². The fourth-order valence-corrected chi connectivity index (χ4v) is 4.72. The molecule has 0 radical (unpaired) electrons. The molecule has 0 spiro atoms. The zero-order valence-corrected chi connectivity index (χ0v) is 18.8. The number of benzene rings is 3. The zero-order chi connectivity index (χ0) is 21.4. The minimum absolute atomic E-state index is 0.745. The summed E-state index contributed by atoms with van der Waals surface area (Å²) in [7, 11) is 0. The van der Waals surface area contributed by atoms with Crippen molar-refractivity contribution in [3.63, 3.8) is 0 Å². The van der Waals surface area contributed by atoms with Gasteiger partial charge >= 0.3 is 0 Å². The lowest BCUT2D eigenvalue weighted by Crippen LogP contribution is -1.99. The Morgan fingerprint density at radius 1 is 0.935 bits per heavy atom. The first-order valence-corrected chi connectivity index (χ1v) is 11.4. The lowest BCUT2D eigenvalue weighted by Gasteiger charge is -2.11. The van der Waals surface area contributed by atoms with Crippen LogP contribution in [0.15, 0.2) is 78.0 Å². The third-order valence-electron chi connectivity index (χ3n) is 5.50. The summed E-state index contributed by atoms with van der Waals surface area (Å²) in [6.07, 6.45) is 0. The number of hydrogen-bond acceptors (Lipinski definition) is 3. The van der Waals surface area contributed by atoms with Crippen LogP contribution in [0.5, 0.6) is 0 Å². The Kier molecular flexibility index (Phi) is 5.30. The maximum Gasteiger partial charge on any atom is 0.196 e. The van der Waals surface area contributed by atoms with Gasteiger partial charge < -0.3 is 4.98 Å². The second kappa shape index (κ2) is 8.25. The van der Waals surface area contributed by atoms with Crippen molar-refractivity contribution in [2.75, 3.05) is 0 Å². The quantitative estimate of drug-likeness (QED) is 0.297. The molecule has 0 aliphatic heterocycles. The normalized spacial score (nSPS) is 11.3. The number of aromatic amines is 1. The Morgan fingerprint density at radius 3 is 2.48 bits per heavy atom. The van der Waals surface area contributed by atoms with Crippen LogP contribution in [-0.2, 0) is 5.75 Å². The van der Waals surface area contributed by atoms with E-state index >= 15 is 0 Å². The number of aryl methyl sites for hydroxylation is 2. The summed E-state index contributed by atoms with van der Waals surface area (Å²) >= 11 is 7.69. The molecule has 0 aliphatic rings. The number of thioether (sulfide) groups is 1. The molecule has 0 aliphatic carbocycles. The first-order valence-electron chi connectivity index (χ1n) is 10.1. The number of halogens is 1. The van der Waals surface area contributed by atoms with E-state index in [2.05, 4.69) is 63.9 Å². The van der Waals surface area contributed by atoms with Gasteiger partial charge in [0.2, 0.25) is 0 Å². The van der Waals surface area contributed by atoms with Gasteiger partial charge in [0.15, 0.2) is 11.0 Å². The number of fused-ring (bicyclic) bond motifs is 1. The molecule has 0 saturated heterocycles. The highest BCUT2D eigenvalue weighted by Gasteiger charge is 2.17. The molecule has 0 saturated carbocycles. The van der Waals surface area contributed by atoms with E-state index < -0.39 is 0 Å². The Morgan fingerprint density at radius 2 is 1.71 bits per heavy atom. The fourth-order valence-electron chi connectivity index (χ4n) is 3.69. The minimum Gasteiger partial charge on any atom is -0.358 e. The molecular formula is C25H21ClN4S. The maximum absolute atomic E-state index is 6.02. The van der Waals surface area contributed by atoms with Gasteiger partial charge in [-0.1, -0.05) is 53.7 Å². The van der Waals surface area contributed by atoms with Crippen LogP contribution < -0.4 is 0 Å². The lowest BCUT2D eigenvalue weighted by atomic mass is 10.1. The van der Waals surface area contributed by atoms with Gasteiger partial charge in [0.05, 0.1) is 0 Å². The Labute approximate surface area is 190 Å². The molecule has 5 aromatic rings. The SMILES string of the molecule is Cc1[nH]c2ccc(-c3nnc(SCc4ccc(Cl)cc4)n3-c3ccccc3)cc2c1C. The van der Waals surface area contributed by atoms with E-state index in [9.17, 15) is 0 Å². The molecule has 154 valence electrons. The largest absolute Gasteiger partial charge is 0.358 e. The lowest BCUT2D eigenvalue weighted by molar-refractivity contribution is 0.886. The summed E-state index contributed by atoms with van der Waals surface area (Å²) < 4.78 is 2.14. The van der Waals surface area contributed by atoms with Gasteiger partial charge in [-0.05, 0) is 67.4 Å². The van der Waals surface area contributed by atoms with Crippen LogP contribution >= 0.6 is 23.4 Å². The second-order valence-electron chi connectivity index (χ2n) is 7.53. The van der Waals surface area contributed by atoms with Crippen molar-refractivity contribution in [3.05, 3.63) is 94.6 Å². The van der Waals surface area contributed by atoms with Crippen LogP contribution in [0.2, 0.25) is 5.02 Å². The maximum atomic E-state index is 6.02. The smallest absolute Gasteiger partial charge is 0.196 e. The van der Waals surface area contributed by atoms with Crippen LogP contribution in [0.1, 0.15) is 16.8 Å². The summed E-state index contributed by atoms with van der Waals surface area (Å²) in [5.74, 6) is 1.63.